The fourth-order valence-electron chi connectivity index (χ4n) is 5.78. The first-order valence-corrected chi connectivity index (χ1v) is 31.6. The lowest BCUT2D eigenvalue weighted by atomic mass is 10.2. The molecule has 0 aliphatic rings. The van der Waals surface area contributed by atoms with E-state index in [0.717, 1.165) is 17.4 Å². The Morgan fingerprint density at radius 1 is 0.524 bits per heavy atom. The number of hydrogen-bond acceptors (Lipinski definition) is 35. The molecule has 1 amide bonds. The molecule has 43 heteroatoms. The normalized spacial score (nSPS) is 10.0. The van der Waals surface area contributed by atoms with Crippen LogP contribution in [0.15, 0.2) is 104 Å². The van der Waals surface area contributed by atoms with Crippen LogP contribution in [0.2, 0.25) is 0 Å². The minimum Gasteiger partial charge on any atom is -0.481 e. The fourth-order valence-corrected chi connectivity index (χ4v) is 5.78. The van der Waals surface area contributed by atoms with Crippen LogP contribution < -0.4 is 78.9 Å². The van der Waals surface area contributed by atoms with Crippen molar-refractivity contribution in [3.8, 4) is 17.6 Å². The summed E-state index contributed by atoms with van der Waals surface area (Å²) in [7, 11) is 6.86. The maximum atomic E-state index is 12.6. The lowest BCUT2D eigenvalue weighted by Crippen LogP contribution is -2.68. The van der Waals surface area contributed by atoms with E-state index in [4.69, 9.17) is 76.8 Å². The van der Waals surface area contributed by atoms with Gasteiger partial charge in [-0.05, 0) is 79.5 Å². The Morgan fingerprint density at radius 2 is 0.848 bits per heavy atom. The number of ether oxygens (including phenoxy) is 7. The smallest absolute Gasteiger partial charge is 0.481 e. The molecule has 0 bridgehead atoms. The molecule has 0 saturated heterocycles. The number of aldehydes is 4. The zero-order chi connectivity index (χ0) is 80.6. The van der Waals surface area contributed by atoms with Gasteiger partial charge in [-0.25, -0.2) is 111 Å². The van der Waals surface area contributed by atoms with Gasteiger partial charge in [0.05, 0.1) is 44.6 Å². The summed E-state index contributed by atoms with van der Waals surface area (Å²) in [6.45, 7) is 16.0. The Labute approximate surface area is 616 Å². The summed E-state index contributed by atoms with van der Waals surface area (Å²) in [5.41, 5.74) is 16.7. The molecule has 0 spiro atoms. The molecule has 105 heavy (non-hydrogen) atoms. The van der Waals surface area contributed by atoms with Crippen LogP contribution in [-0.4, -0.2) is 201 Å². The molecular formula is C62H89Cl3N18O22. The molecule has 0 atom stereocenters. The number of anilines is 3. The first-order chi connectivity index (χ1) is 48.0. The predicted molar refractivity (Wildman–Crippen MR) is 359 cm³/mol. The van der Waals surface area contributed by atoms with Gasteiger partial charge in [0, 0.05) is 106 Å². The number of carbonyl (C=O) groups excluding carboxylic acids is 7. The number of nitrogens with two attached hydrogens (primary N) is 3. The average Bonchev–Trinajstić information content (AvgIpc) is 0.834. The summed E-state index contributed by atoms with van der Waals surface area (Å²) in [4.78, 5) is 115. The molecule has 40 nitrogen and oxygen atoms in total. The number of aromatic nitrogens is 9. The van der Waals surface area contributed by atoms with Gasteiger partial charge in [0.2, 0.25) is 35.5 Å². The third-order valence-corrected chi connectivity index (χ3v) is 9.36. The van der Waals surface area contributed by atoms with Crippen molar-refractivity contribution >= 4 is 92.2 Å². The van der Waals surface area contributed by atoms with Crippen molar-refractivity contribution < 1.29 is 134 Å². The van der Waals surface area contributed by atoms with Crippen LogP contribution in [-0.2, 0) is 32.0 Å². The highest BCUT2D eigenvalue weighted by molar-refractivity contribution is 6.00. The second kappa shape index (κ2) is 52.1. The van der Waals surface area contributed by atoms with Crippen LogP contribution in [0.1, 0.15) is 115 Å². The number of rotatable bonds is 16. The van der Waals surface area contributed by atoms with E-state index in [9.17, 15) is 33.6 Å². The zero-order valence-corrected chi connectivity index (χ0v) is 63.1. The monoisotopic (exact) mass is 1540 g/mol. The maximum Gasteiger partial charge on any atom is 0.519 e. The average molecular weight is 1540 g/mol. The van der Waals surface area contributed by atoms with E-state index < -0.39 is 55.7 Å². The first kappa shape index (κ1) is 100. The molecule has 0 aliphatic heterocycles. The van der Waals surface area contributed by atoms with Gasteiger partial charge in [0.15, 0.2) is 43.5 Å². The zero-order valence-electron chi connectivity index (χ0n) is 60.8. The van der Waals surface area contributed by atoms with Crippen LogP contribution in [0.25, 0.3) is 0 Å². The largest absolute Gasteiger partial charge is 0.519 e. The van der Waals surface area contributed by atoms with E-state index in [1.54, 1.807) is 112 Å². The van der Waals surface area contributed by atoms with Gasteiger partial charge in [0.1, 0.15) is 50.6 Å². The molecule has 6 rings (SSSR count). The minimum absolute atomic E-state index is 0. The van der Waals surface area contributed by atoms with Crippen LogP contribution in [0, 0.1) is 25.9 Å². The topological polar surface area (TPSA) is 611 Å². The number of pyridine rings is 3. The summed E-state index contributed by atoms with van der Waals surface area (Å²) in [6, 6.07) is 10.5. The van der Waals surface area contributed by atoms with E-state index in [1.165, 1.54) is 68.1 Å². The highest BCUT2D eigenvalue weighted by Gasteiger charge is 2.27. The number of nitrogens with zero attached hydrogens (tertiary/aromatic N) is 13. The standard InChI is InChI=1S/C17H20N4O4.C12H12N4O2.C10H21N3.C10H18O5.C7H7NO2.C5H5N3O.CH5N3.2ClHO4.ClH/c1-17(2,3)25-16(23)21(15-19-8-13(11-22)9-20-15)10-12-5-6-14(24-4)18-7-12;1-18-11-3-2-9(4-13-11)5-14-12-15-6-10(8-17)7-16-12;1-11(2)7-10(8-12(3)4)9-13(5)6;1-9(2,3)14-7(11)13-8(12)15-10(4,5)6;1-10-7-3-2-6(5-9)4-8-7;6-5-7-1-4(3-9)2-8-5;2-1(3)4;2*2-1(3,4)5;/h5-9,11H,10H2,1-4H3;2-4,6-8H,5H2,1H3,(H,14,15,16);7-9H,1-6H3;1-6H3;2-5H,1H3;1-3H,(H2,6,7,8);(H5,2,3,4);2*(H,2,3,4,5);1H/q;;+2;;;;;;;/p-2. The number of amides is 1. The molecule has 0 aromatic carbocycles. The Hall–Kier alpha value is -10.9. The van der Waals surface area contributed by atoms with E-state index in [0.29, 0.717) is 71.2 Å². The molecule has 0 aliphatic carbocycles. The van der Waals surface area contributed by atoms with Crippen LogP contribution in [0.4, 0.5) is 32.2 Å². The third kappa shape index (κ3) is 62.6. The van der Waals surface area contributed by atoms with Crippen molar-refractivity contribution in [2.45, 2.75) is 92.2 Å². The number of methoxy groups -OCH3 is 3. The van der Waals surface area contributed by atoms with Gasteiger partial charge < -0.3 is 60.6 Å². The molecule has 8 N–H and O–H groups in total. The SMILES string of the molecule is CC(C)(C)OC(=O)OC(=O)OC(C)(C)C.CN(C)C=C(C=[N+](C)C)C=[N+](C)C.COc1ccc(C=O)cn1.COc1ccc(CN(C(=O)OC(C)(C)C)c2ncc(C=O)cn2)cn1.COc1ccc(CNc2ncc(C=O)cn2)cn1.Cl.N=C(N)N.Nc1ncc(C=O)cn1.[O-][Cl+3]([O-])([O-])[O-].[O-][Cl+3]([O-])([O-])[O-]. The Morgan fingerprint density at radius 3 is 1.14 bits per heavy atom. The van der Waals surface area contributed by atoms with E-state index in [2.05, 4.69) is 85.0 Å². The molecule has 6 heterocycles. The highest BCUT2D eigenvalue weighted by Crippen LogP contribution is 2.19. The molecule has 0 fully saturated rings. The van der Waals surface area contributed by atoms with Gasteiger partial charge in [-0.1, -0.05) is 12.1 Å². The second-order valence-electron chi connectivity index (χ2n) is 23.0. The number of allylic oxidation sites excluding steroid dienone is 1. The molecule has 0 radical (unpaired) electrons. The molecule has 0 unspecified atom stereocenters. The molecule has 6 aromatic rings. The highest BCUT2D eigenvalue weighted by atomic mass is 35.7. The number of hydrogen-bond donors (Lipinski definition) is 5. The number of guanidine groups is 1. The van der Waals surface area contributed by atoms with Crippen LogP contribution in [0.5, 0.6) is 17.6 Å². The van der Waals surface area contributed by atoms with Gasteiger partial charge >= 0.3 is 18.4 Å². The van der Waals surface area contributed by atoms with E-state index in [1.807, 2.05) is 62.4 Å². The molecule has 580 valence electrons. The van der Waals surface area contributed by atoms with Crippen molar-refractivity contribution in [2.24, 2.45) is 11.5 Å². The van der Waals surface area contributed by atoms with Crippen molar-refractivity contribution in [1.82, 2.24) is 49.8 Å². The summed E-state index contributed by atoms with van der Waals surface area (Å²) in [6.07, 6.45) is 19.4. The number of halogens is 3. The van der Waals surface area contributed by atoms with Crippen molar-refractivity contribution in [1.29, 1.82) is 5.41 Å². The Kier molecular flexibility index (Phi) is 49.8. The van der Waals surface area contributed by atoms with Gasteiger partial charge in [-0.3, -0.25) is 24.6 Å². The maximum absolute atomic E-state index is 12.6. The van der Waals surface area contributed by atoms with E-state index in [-0.39, 0.29) is 36.8 Å². The quantitative estimate of drug-likeness (QED) is 0.0127. The lowest BCUT2D eigenvalue weighted by Gasteiger charge is -2.26. The number of nitrogens with one attached hydrogen (secondary N) is 2. The van der Waals surface area contributed by atoms with Crippen molar-refractivity contribution in [2.75, 3.05) is 79.6 Å². The summed E-state index contributed by atoms with van der Waals surface area (Å²) in [5.74, 6) is 2.02. The second-order valence-corrected chi connectivity index (χ2v) is 24.5. The predicted octanol–water partition coefficient (Wildman–Crippen LogP) is -2.55. The Bertz CT molecular complexity index is 3510. The first-order valence-electron chi connectivity index (χ1n) is 29.1. The number of nitrogen functional groups attached to an aromatic ring is 1. The summed E-state index contributed by atoms with van der Waals surface area (Å²) >= 11 is 0. The lowest BCUT2D eigenvalue weighted by molar-refractivity contribution is -2.00. The van der Waals surface area contributed by atoms with Crippen molar-refractivity contribution in [3.05, 3.63) is 137 Å². The summed E-state index contributed by atoms with van der Waals surface area (Å²) in [5, 5.41) is 9.09. The molecule has 6 aromatic heterocycles. The van der Waals surface area contributed by atoms with Crippen molar-refractivity contribution in [3.63, 3.8) is 0 Å². The van der Waals surface area contributed by atoms with Gasteiger partial charge in [-0.2, -0.15) is 0 Å². The van der Waals surface area contributed by atoms with Crippen LogP contribution in [0.3, 0.4) is 0 Å². The molecule has 0 saturated carbocycles. The van der Waals surface area contributed by atoms with Gasteiger partial charge in [-0.15, -0.1) is 32.9 Å². The Balaban J connectivity index is -0.000000575. The fraction of sp³-hybridized carbons (Fsp3) is 0.371. The molecular weight excluding hydrogens is 1460 g/mol. The minimum atomic E-state index is -4.94. The third-order valence-electron chi connectivity index (χ3n) is 9.36. The van der Waals surface area contributed by atoms with Crippen LogP contribution >= 0.6 is 12.4 Å². The van der Waals surface area contributed by atoms with E-state index >= 15 is 0 Å². The van der Waals surface area contributed by atoms with Gasteiger partial charge in [0.25, 0.3) is 0 Å². The summed E-state index contributed by atoms with van der Waals surface area (Å²) < 4.78 is 106. The number of carbonyl (C=O) groups is 7.